The Bertz CT molecular complexity index is 3480. The zero-order chi connectivity index (χ0) is 54.6. The van der Waals surface area contributed by atoms with E-state index in [-0.39, 0.29) is 30.1 Å². The van der Waals surface area contributed by atoms with Crippen LogP contribution in [0.1, 0.15) is 95.8 Å². The van der Waals surface area contributed by atoms with E-state index < -0.39 is 48.4 Å². The van der Waals surface area contributed by atoms with Crippen LogP contribution in [0.15, 0.2) is 142 Å². The molecule has 0 spiro atoms. The van der Waals surface area contributed by atoms with E-state index in [1.165, 1.54) is 12.1 Å². The van der Waals surface area contributed by atoms with Crippen LogP contribution in [0.3, 0.4) is 0 Å². The van der Waals surface area contributed by atoms with Gasteiger partial charge in [-0.15, -0.1) is 4.33 Å². The molecule has 76 heavy (non-hydrogen) atoms. The lowest BCUT2D eigenvalue weighted by Crippen LogP contribution is -2.28. The highest BCUT2D eigenvalue weighted by Gasteiger charge is 2.46. The van der Waals surface area contributed by atoms with E-state index in [4.69, 9.17) is 13.8 Å². The molecule has 1 unspecified atom stereocenters. The van der Waals surface area contributed by atoms with Gasteiger partial charge in [-0.1, -0.05) is 61.4 Å². The number of carbonyl (C=O) groups is 1. The van der Waals surface area contributed by atoms with Crippen LogP contribution in [0.4, 0.5) is 17.1 Å². The first-order chi connectivity index (χ1) is 36.1. The summed E-state index contributed by atoms with van der Waals surface area (Å²) >= 11 is -1.48. The van der Waals surface area contributed by atoms with Crippen molar-refractivity contribution in [3.05, 3.63) is 148 Å². The molecule has 0 bridgehead atoms. The van der Waals surface area contributed by atoms with E-state index in [9.17, 15) is 44.6 Å². The topological polar surface area (TPSA) is 250 Å². The Labute approximate surface area is 449 Å². The molecular formula is C55H62N3O14S4+. The van der Waals surface area contributed by atoms with Gasteiger partial charge in [0.1, 0.15) is 6.54 Å². The number of aryl methyl sites for hydroxylation is 1. The molecule has 0 amide bonds. The monoisotopic (exact) mass is 1120 g/mol. The highest BCUT2D eigenvalue weighted by Crippen LogP contribution is 2.52. The number of rotatable bonds is 23. The minimum absolute atomic E-state index is 0.00588. The second-order valence-corrected chi connectivity index (χ2v) is 24.5. The normalized spacial score (nSPS) is 17.9. The van der Waals surface area contributed by atoms with Crippen LogP contribution < -0.4 is 10.2 Å². The van der Waals surface area contributed by atoms with Crippen molar-refractivity contribution >= 4 is 93.9 Å². The molecule has 0 aromatic heterocycles. The molecule has 2 aliphatic heterocycles. The first kappa shape index (κ1) is 56.6. The van der Waals surface area contributed by atoms with E-state index in [1.807, 2.05) is 60.7 Å². The Kier molecular flexibility index (Phi) is 17.6. The Morgan fingerprint density at radius 2 is 1.57 bits per heavy atom. The number of anilines is 2. The molecule has 2 heterocycles. The summed E-state index contributed by atoms with van der Waals surface area (Å²) in [7, 11) is -8.65. The number of carboxylic acids is 1. The summed E-state index contributed by atoms with van der Waals surface area (Å²) in [6.07, 6.45) is 13.1. The fraction of sp³-hybridized carbons (Fsp3) is 0.345. The van der Waals surface area contributed by atoms with Gasteiger partial charge in [0.25, 0.3) is 20.2 Å². The number of nitrogens with one attached hydrogen (secondary N) is 1. The molecule has 17 nitrogen and oxygen atoms in total. The zero-order valence-corrected chi connectivity index (χ0v) is 45.8. The van der Waals surface area contributed by atoms with Crippen molar-refractivity contribution in [2.24, 2.45) is 0 Å². The number of nitrogens with zero attached hydrogens (tertiary/aromatic N) is 2. The van der Waals surface area contributed by atoms with Gasteiger partial charge in [0.05, 0.1) is 34.7 Å². The van der Waals surface area contributed by atoms with Crippen molar-refractivity contribution in [2.75, 3.05) is 35.7 Å². The lowest BCUT2D eigenvalue weighted by Gasteiger charge is -2.28. The first-order valence-corrected chi connectivity index (χ1v) is 29.7. The second-order valence-electron chi connectivity index (χ2n) is 20.1. The van der Waals surface area contributed by atoms with Gasteiger partial charge in [-0.05, 0) is 157 Å². The molecule has 404 valence electrons. The third-order valence-electron chi connectivity index (χ3n) is 14.4. The first-order valence-electron chi connectivity index (χ1n) is 24.9. The molecule has 3 aliphatic rings. The number of hydrogen-bond donors (Lipinski definition) is 6. The molecule has 5 aromatic rings. The van der Waals surface area contributed by atoms with Gasteiger partial charge in [-0.25, -0.2) is 5.26 Å². The van der Waals surface area contributed by atoms with Crippen LogP contribution in [0.5, 0.6) is 0 Å². The molecule has 6 N–H and O–H groups in total. The highest BCUT2D eigenvalue weighted by atomic mass is 32.2. The molecule has 1 aliphatic carbocycles. The Morgan fingerprint density at radius 1 is 0.842 bits per heavy atom. The van der Waals surface area contributed by atoms with Crippen molar-refractivity contribution in [1.82, 2.24) is 0 Å². The standard InChI is InChI=1S/C55H61N3O14S4/c1-54(2)48(57(30-5-7-32-70-74(62)63)46-25-15-39-34-42(73-72-71-61)21-23-44(39)51(46)54)27-17-37-10-9-11-38(53(37)56-41-19-12-36(13-20-41)14-29-50(59)60)18-28-49-55(3,4)52-45-24-22-43(76(67,68)69)35-40(45)16-26-47(52)58(49)31-6-8-33-75(64,65)66/h12-13,15-28,34-35H,5-11,14,29-33H2,1-4H3,(H5,59,60,61,62,63,64,65,66,67,68,69)/p+1/b38-18+,49-28+. The summed E-state index contributed by atoms with van der Waals surface area (Å²) in [5.74, 6) is -1.26. The predicted octanol–water partition coefficient (Wildman–Crippen LogP) is 11.4. The largest absolute Gasteiger partial charge is 0.481 e. The van der Waals surface area contributed by atoms with Gasteiger partial charge in [0.2, 0.25) is 5.69 Å². The fourth-order valence-corrected chi connectivity index (χ4v) is 12.6. The van der Waals surface area contributed by atoms with Crippen LogP contribution in [0.25, 0.3) is 21.5 Å². The zero-order valence-electron chi connectivity index (χ0n) is 42.5. The molecule has 0 fully saturated rings. The van der Waals surface area contributed by atoms with E-state index in [0.717, 1.165) is 108 Å². The summed E-state index contributed by atoms with van der Waals surface area (Å²) in [5, 5.41) is 29.2. The molecule has 0 radical (unpaired) electrons. The predicted molar refractivity (Wildman–Crippen MR) is 295 cm³/mol. The van der Waals surface area contributed by atoms with Crippen LogP contribution in [-0.4, -0.2) is 86.8 Å². The Balaban J connectivity index is 1.24. The van der Waals surface area contributed by atoms with E-state index >= 15 is 0 Å². The maximum absolute atomic E-state index is 12.2. The number of unbranched alkanes of at least 4 members (excludes halogenated alkanes) is 2. The third-order valence-corrected chi connectivity index (χ3v) is 17.0. The molecule has 8 rings (SSSR count). The maximum atomic E-state index is 12.2. The van der Waals surface area contributed by atoms with Gasteiger partial charge < -0.3 is 15.3 Å². The molecule has 5 aromatic carbocycles. The van der Waals surface area contributed by atoms with E-state index in [0.29, 0.717) is 50.6 Å². The minimum atomic E-state index is -4.47. The van der Waals surface area contributed by atoms with Crippen molar-refractivity contribution in [3.63, 3.8) is 0 Å². The lowest BCUT2D eigenvalue weighted by molar-refractivity contribution is -0.438. The van der Waals surface area contributed by atoms with Gasteiger partial charge in [0.15, 0.2) is 5.71 Å². The number of fused-ring (bicyclic) bond motifs is 6. The Hall–Kier alpha value is -5.56. The quantitative estimate of drug-likeness (QED) is 0.00677. The summed E-state index contributed by atoms with van der Waals surface area (Å²) in [4.78, 5) is 14.1. The SMILES string of the molecule is CC1(C)C(/C=C/C2=C(Nc3ccc(CCC(=O)O)cc3)C(=C/C=C3/N(CCCCS(=O)(=O)O)c4ccc5cc(S(=O)(=O)O)ccc5c4C3(C)C)/CCC2)=[N+](CCCCOS(=O)O)c2ccc3cc(SOOO)ccc3c21. The molecule has 0 saturated carbocycles. The summed E-state index contributed by atoms with van der Waals surface area (Å²) in [6, 6.07) is 26.0. The van der Waals surface area contributed by atoms with Crippen molar-refractivity contribution in [3.8, 4) is 0 Å². The summed E-state index contributed by atoms with van der Waals surface area (Å²) < 4.78 is 99.8. The van der Waals surface area contributed by atoms with Gasteiger partial charge in [0, 0.05) is 70.2 Å². The molecule has 1 atom stereocenters. The molecular weight excluding hydrogens is 1050 g/mol. The van der Waals surface area contributed by atoms with E-state index in [1.54, 1.807) is 6.07 Å². The van der Waals surface area contributed by atoms with Crippen LogP contribution in [0, 0.1) is 0 Å². The van der Waals surface area contributed by atoms with E-state index in [2.05, 4.69) is 77.9 Å². The smallest absolute Gasteiger partial charge is 0.303 e. The number of hydrogen-bond acceptors (Lipinski definition) is 13. The fourth-order valence-electron chi connectivity index (χ4n) is 10.9. The van der Waals surface area contributed by atoms with Gasteiger partial charge >= 0.3 is 17.3 Å². The average molecular weight is 1120 g/mol. The number of carboxylic acid groups (broad SMARTS) is 1. The van der Waals surface area contributed by atoms with Gasteiger partial charge in [-0.2, -0.15) is 25.6 Å². The molecule has 0 saturated heterocycles. The van der Waals surface area contributed by atoms with Gasteiger partial charge in [-0.3, -0.25) is 22.6 Å². The Morgan fingerprint density at radius 3 is 2.28 bits per heavy atom. The summed E-state index contributed by atoms with van der Waals surface area (Å²) in [5.41, 5.74) is 9.37. The van der Waals surface area contributed by atoms with Crippen molar-refractivity contribution < 1.29 is 68.0 Å². The van der Waals surface area contributed by atoms with Crippen LogP contribution in [-0.2, 0) is 67.2 Å². The van der Waals surface area contributed by atoms with Crippen LogP contribution in [0.2, 0.25) is 0 Å². The van der Waals surface area contributed by atoms with Crippen molar-refractivity contribution in [2.45, 2.75) is 106 Å². The average Bonchev–Trinajstić information content (AvgIpc) is 3.76. The van der Waals surface area contributed by atoms with Crippen molar-refractivity contribution in [1.29, 1.82) is 0 Å². The number of aliphatic carboxylic acids is 1. The highest BCUT2D eigenvalue weighted by molar-refractivity contribution is 7.94. The van der Waals surface area contributed by atoms with Crippen LogP contribution >= 0.6 is 12.0 Å². The summed E-state index contributed by atoms with van der Waals surface area (Å²) in [6.45, 7) is 9.70. The molecule has 21 heteroatoms. The lowest BCUT2D eigenvalue weighted by atomic mass is 9.78. The second kappa shape index (κ2) is 23.6. The maximum Gasteiger partial charge on any atom is 0.303 e. The third kappa shape index (κ3) is 12.9. The number of benzene rings is 5. The minimum Gasteiger partial charge on any atom is -0.481 e. The number of allylic oxidation sites excluding steroid dienone is 7.